The van der Waals surface area contributed by atoms with Crippen LogP contribution in [0.3, 0.4) is 0 Å². The molecule has 3 atom stereocenters. The van der Waals surface area contributed by atoms with Crippen molar-refractivity contribution in [2.75, 3.05) is 33.4 Å². The van der Waals surface area contributed by atoms with Crippen molar-refractivity contribution < 1.29 is 4.74 Å². The Kier molecular flexibility index (Phi) is 2.86. The highest BCUT2D eigenvalue weighted by molar-refractivity contribution is 6.23. The zero-order valence-electron chi connectivity index (χ0n) is 9.73. The van der Waals surface area contributed by atoms with Gasteiger partial charge in [-0.25, -0.2) is 0 Å². The zero-order valence-corrected chi connectivity index (χ0v) is 10.5. The second kappa shape index (κ2) is 4.21. The van der Waals surface area contributed by atoms with Crippen molar-refractivity contribution in [2.45, 2.75) is 30.3 Å². The minimum absolute atomic E-state index is 0.168. The number of hydrogen-bond acceptors (Lipinski definition) is 3. The molecule has 2 bridgehead atoms. The van der Waals surface area contributed by atoms with Gasteiger partial charge in [-0.05, 0) is 26.0 Å². The highest BCUT2D eigenvalue weighted by Crippen LogP contribution is 2.37. The van der Waals surface area contributed by atoms with E-state index in [4.69, 9.17) is 16.3 Å². The topological polar surface area (TPSA) is 15.7 Å². The minimum atomic E-state index is 0.168. The number of hydrogen-bond donors (Lipinski definition) is 0. The van der Waals surface area contributed by atoms with E-state index < -0.39 is 0 Å². The first-order valence-electron chi connectivity index (χ1n) is 6.18. The lowest BCUT2D eigenvalue weighted by atomic mass is 10.1. The van der Waals surface area contributed by atoms with Gasteiger partial charge in [-0.1, -0.05) is 0 Å². The molecule has 3 nitrogen and oxygen atoms in total. The molecule has 0 radical (unpaired) electrons. The van der Waals surface area contributed by atoms with Crippen LogP contribution in [0.4, 0.5) is 0 Å². The van der Waals surface area contributed by atoms with E-state index in [0.717, 1.165) is 26.3 Å². The molecule has 16 heavy (non-hydrogen) atoms. The largest absolute Gasteiger partial charge is 0.378 e. The predicted molar refractivity (Wildman–Crippen MR) is 64.7 cm³/mol. The molecule has 0 aromatic heterocycles. The van der Waals surface area contributed by atoms with Crippen molar-refractivity contribution in [3.05, 3.63) is 11.8 Å². The Balaban J connectivity index is 1.81. The van der Waals surface area contributed by atoms with E-state index in [1.165, 1.54) is 18.5 Å². The number of rotatable bonds is 1. The highest BCUT2D eigenvalue weighted by Gasteiger charge is 2.41. The number of fused-ring (bicyclic) bond motifs is 2. The Labute approximate surface area is 102 Å². The van der Waals surface area contributed by atoms with Gasteiger partial charge in [-0.15, -0.1) is 11.6 Å². The number of halogens is 1. The zero-order chi connectivity index (χ0) is 11.1. The maximum absolute atomic E-state index is 6.61. The lowest BCUT2D eigenvalue weighted by molar-refractivity contribution is 0.0486. The Bertz CT molecular complexity index is 301. The van der Waals surface area contributed by atoms with Crippen molar-refractivity contribution in [3.8, 4) is 0 Å². The standard InChI is InChI=1S/C12H19ClN2O/c1-14-9-2-3-10(14)12(13)11(8-9)15-4-6-16-7-5-15/h8-10,12H,2-7H2,1H3/t9-,10+,12+/m0/s1. The van der Waals surface area contributed by atoms with Gasteiger partial charge in [-0.2, -0.15) is 0 Å². The highest BCUT2D eigenvalue weighted by atomic mass is 35.5. The third-order valence-corrected chi connectivity index (χ3v) is 4.68. The molecule has 3 rings (SSSR count). The summed E-state index contributed by atoms with van der Waals surface area (Å²) in [6, 6.07) is 1.15. The summed E-state index contributed by atoms with van der Waals surface area (Å²) in [4.78, 5) is 4.85. The molecule has 0 spiro atoms. The molecule has 2 saturated heterocycles. The molecule has 0 amide bonds. The molecular formula is C12H19ClN2O. The summed E-state index contributed by atoms with van der Waals surface area (Å²) in [7, 11) is 2.20. The summed E-state index contributed by atoms with van der Waals surface area (Å²) in [5.41, 5.74) is 1.36. The predicted octanol–water partition coefficient (Wildman–Crippen LogP) is 1.29. The summed E-state index contributed by atoms with van der Waals surface area (Å²) >= 11 is 6.61. The summed E-state index contributed by atoms with van der Waals surface area (Å²) in [6.07, 6.45) is 4.88. The fourth-order valence-corrected chi connectivity index (χ4v) is 3.65. The van der Waals surface area contributed by atoms with Crippen LogP contribution >= 0.6 is 11.6 Å². The van der Waals surface area contributed by atoms with E-state index in [1.807, 2.05) is 0 Å². The monoisotopic (exact) mass is 242 g/mol. The van der Waals surface area contributed by atoms with Crippen LogP contribution in [0.1, 0.15) is 12.8 Å². The van der Waals surface area contributed by atoms with Gasteiger partial charge in [0.1, 0.15) is 0 Å². The van der Waals surface area contributed by atoms with Gasteiger partial charge in [0, 0.05) is 30.9 Å². The van der Waals surface area contributed by atoms with Crippen LogP contribution in [-0.2, 0) is 4.74 Å². The van der Waals surface area contributed by atoms with Gasteiger partial charge in [-0.3, -0.25) is 4.90 Å². The van der Waals surface area contributed by atoms with E-state index in [9.17, 15) is 0 Å². The number of ether oxygens (including phenoxy) is 1. The summed E-state index contributed by atoms with van der Waals surface area (Å²) in [5, 5.41) is 0.168. The Hall–Kier alpha value is -0.250. The van der Waals surface area contributed by atoms with Crippen molar-refractivity contribution in [1.82, 2.24) is 9.80 Å². The third kappa shape index (κ3) is 1.66. The van der Waals surface area contributed by atoms with Crippen LogP contribution in [0.5, 0.6) is 0 Å². The molecule has 0 N–H and O–H groups in total. The second-order valence-corrected chi connectivity index (χ2v) is 5.44. The molecule has 3 heterocycles. The summed E-state index contributed by atoms with van der Waals surface area (Å²) < 4.78 is 5.39. The van der Waals surface area contributed by atoms with Crippen molar-refractivity contribution in [1.29, 1.82) is 0 Å². The molecule has 0 aromatic carbocycles. The van der Waals surface area contributed by atoms with Gasteiger partial charge in [0.05, 0.1) is 18.6 Å². The number of nitrogens with zero attached hydrogens (tertiary/aromatic N) is 2. The van der Waals surface area contributed by atoms with Gasteiger partial charge in [0.25, 0.3) is 0 Å². The second-order valence-electron chi connectivity index (χ2n) is 4.97. The van der Waals surface area contributed by atoms with Crippen LogP contribution in [0.25, 0.3) is 0 Å². The Morgan fingerprint density at radius 1 is 1.31 bits per heavy atom. The normalized spacial score (nSPS) is 40.0. The smallest absolute Gasteiger partial charge is 0.0886 e. The SMILES string of the molecule is CN1[C@@H]2C=C(N3CCOCC3)[C@H](Cl)[C@H]1CC2. The molecule has 90 valence electrons. The molecule has 0 aliphatic carbocycles. The molecule has 4 heteroatoms. The third-order valence-electron chi connectivity index (χ3n) is 4.16. The molecule has 2 fully saturated rings. The first kappa shape index (κ1) is 10.9. The van der Waals surface area contributed by atoms with Crippen molar-refractivity contribution >= 4 is 11.6 Å². The van der Waals surface area contributed by atoms with Gasteiger partial charge in [0.15, 0.2) is 0 Å². The van der Waals surface area contributed by atoms with Gasteiger partial charge < -0.3 is 9.64 Å². The fourth-order valence-electron chi connectivity index (χ4n) is 3.14. The Morgan fingerprint density at radius 2 is 2.06 bits per heavy atom. The maximum Gasteiger partial charge on any atom is 0.0886 e. The van der Waals surface area contributed by atoms with Crippen LogP contribution in [0.2, 0.25) is 0 Å². The van der Waals surface area contributed by atoms with Gasteiger partial charge in [0.2, 0.25) is 0 Å². The molecule has 0 aromatic rings. The molecule has 0 saturated carbocycles. The first-order valence-corrected chi connectivity index (χ1v) is 6.61. The van der Waals surface area contributed by atoms with Gasteiger partial charge >= 0.3 is 0 Å². The van der Waals surface area contributed by atoms with E-state index in [1.54, 1.807) is 0 Å². The summed E-state index contributed by atoms with van der Waals surface area (Å²) in [5.74, 6) is 0. The lowest BCUT2D eigenvalue weighted by Crippen LogP contribution is -2.48. The van der Waals surface area contributed by atoms with Crippen molar-refractivity contribution in [2.24, 2.45) is 0 Å². The fraction of sp³-hybridized carbons (Fsp3) is 0.833. The van der Waals surface area contributed by atoms with E-state index >= 15 is 0 Å². The first-order chi connectivity index (χ1) is 7.77. The minimum Gasteiger partial charge on any atom is -0.378 e. The van der Waals surface area contributed by atoms with E-state index in [-0.39, 0.29) is 5.38 Å². The van der Waals surface area contributed by atoms with Crippen LogP contribution < -0.4 is 0 Å². The molecule has 3 aliphatic heterocycles. The maximum atomic E-state index is 6.61. The number of alkyl halides is 1. The molecular weight excluding hydrogens is 224 g/mol. The number of morpholine rings is 1. The van der Waals surface area contributed by atoms with Crippen LogP contribution in [-0.4, -0.2) is 60.6 Å². The van der Waals surface area contributed by atoms with Crippen LogP contribution in [0, 0.1) is 0 Å². The molecule has 3 aliphatic rings. The lowest BCUT2D eigenvalue weighted by Gasteiger charge is -2.40. The number of likely N-dealkylation sites (N-methyl/N-ethyl adjacent to an activating group) is 1. The van der Waals surface area contributed by atoms with Crippen molar-refractivity contribution in [3.63, 3.8) is 0 Å². The Morgan fingerprint density at radius 3 is 2.81 bits per heavy atom. The molecule has 0 unspecified atom stereocenters. The summed E-state index contributed by atoms with van der Waals surface area (Å²) in [6.45, 7) is 3.68. The van der Waals surface area contributed by atoms with E-state index in [2.05, 4.69) is 22.9 Å². The average molecular weight is 243 g/mol. The van der Waals surface area contributed by atoms with E-state index in [0.29, 0.717) is 12.1 Å². The van der Waals surface area contributed by atoms with Crippen LogP contribution in [0.15, 0.2) is 11.8 Å². The average Bonchev–Trinajstić information content (AvgIpc) is 2.57. The quantitative estimate of drug-likeness (QED) is 0.645.